The van der Waals surface area contributed by atoms with Gasteiger partial charge in [0.05, 0.1) is 29.5 Å². The van der Waals surface area contributed by atoms with E-state index in [0.29, 0.717) is 40.1 Å². The average Bonchev–Trinajstić information content (AvgIpc) is 2.67. The lowest BCUT2D eigenvalue weighted by atomic mass is 10.2. The number of halogens is 2. The molecule has 9 heteroatoms. The maximum Gasteiger partial charge on any atom is 0.340 e. The van der Waals surface area contributed by atoms with Gasteiger partial charge in [0.1, 0.15) is 5.75 Å². The molecule has 1 amide bonds. The van der Waals surface area contributed by atoms with Crippen molar-refractivity contribution >= 4 is 58.1 Å². The minimum Gasteiger partial charge on any atom is -0.492 e. The van der Waals surface area contributed by atoms with Crippen molar-refractivity contribution in [1.82, 2.24) is 5.32 Å². The van der Waals surface area contributed by atoms with Gasteiger partial charge in [-0.1, -0.05) is 35.3 Å². The molecule has 29 heavy (non-hydrogen) atoms. The average molecular weight is 455 g/mol. The Morgan fingerprint density at radius 1 is 1.14 bits per heavy atom. The highest BCUT2D eigenvalue weighted by atomic mass is 35.5. The van der Waals surface area contributed by atoms with E-state index in [2.05, 4.69) is 10.6 Å². The predicted molar refractivity (Wildman–Crippen MR) is 118 cm³/mol. The molecule has 0 fully saturated rings. The number of nitrogens with one attached hydrogen (secondary N) is 2. The zero-order valence-electron chi connectivity index (χ0n) is 15.7. The van der Waals surface area contributed by atoms with Crippen molar-refractivity contribution in [2.75, 3.05) is 18.5 Å². The highest BCUT2D eigenvalue weighted by Gasteiger charge is 2.13. The summed E-state index contributed by atoms with van der Waals surface area (Å²) in [6.07, 6.45) is 0.666. The molecule has 0 radical (unpaired) electrons. The largest absolute Gasteiger partial charge is 0.492 e. The molecule has 0 unspecified atom stereocenters. The number of anilines is 1. The predicted octanol–water partition coefficient (Wildman–Crippen LogP) is 4.84. The summed E-state index contributed by atoms with van der Waals surface area (Å²) in [7, 11) is 0. The fourth-order valence-corrected chi connectivity index (χ4v) is 3.02. The summed E-state index contributed by atoms with van der Waals surface area (Å²) >= 11 is 17.0. The molecule has 2 rings (SSSR count). The maximum atomic E-state index is 12.1. The molecule has 2 N–H and O–H groups in total. The molecular formula is C20H20Cl2N2O4S. The standard InChI is InChI=1S/C20H20Cl2N2O4S/c1-2-27-19(26)14-6-3-4-7-16(14)23-20(29)24-18(25)8-5-11-28-17-10-9-13(21)12-15(17)22/h3-4,6-7,9-10,12H,2,5,8,11H2,1H3,(H2,23,24,25,29). The van der Waals surface area contributed by atoms with Gasteiger partial charge in [0.25, 0.3) is 0 Å². The van der Waals surface area contributed by atoms with E-state index >= 15 is 0 Å². The summed E-state index contributed by atoms with van der Waals surface area (Å²) in [6, 6.07) is 11.7. The van der Waals surface area contributed by atoms with Crippen LogP contribution < -0.4 is 15.4 Å². The molecule has 0 saturated heterocycles. The molecule has 0 atom stereocenters. The van der Waals surface area contributed by atoms with Crippen molar-refractivity contribution in [1.29, 1.82) is 0 Å². The molecule has 0 saturated carbocycles. The number of amides is 1. The Morgan fingerprint density at radius 3 is 2.62 bits per heavy atom. The summed E-state index contributed by atoms with van der Waals surface area (Å²) in [4.78, 5) is 24.0. The molecule has 0 aliphatic rings. The second kappa shape index (κ2) is 11.6. The third-order valence-electron chi connectivity index (χ3n) is 3.62. The normalized spacial score (nSPS) is 10.2. The Kier molecular flexibility index (Phi) is 9.18. The van der Waals surface area contributed by atoms with E-state index < -0.39 is 5.97 Å². The summed E-state index contributed by atoms with van der Waals surface area (Å²) in [5.74, 6) is -0.242. The van der Waals surface area contributed by atoms with Crippen molar-refractivity contribution in [3.05, 3.63) is 58.1 Å². The van der Waals surface area contributed by atoms with Crippen molar-refractivity contribution in [3.8, 4) is 5.75 Å². The van der Waals surface area contributed by atoms with Gasteiger partial charge in [-0.25, -0.2) is 4.79 Å². The van der Waals surface area contributed by atoms with E-state index in [-0.39, 0.29) is 24.0 Å². The number of esters is 1. The second-order valence-corrected chi connectivity index (χ2v) is 7.05. The van der Waals surface area contributed by atoms with Gasteiger partial charge < -0.3 is 20.1 Å². The van der Waals surface area contributed by atoms with Crippen LogP contribution in [0.4, 0.5) is 5.69 Å². The third kappa shape index (κ3) is 7.53. The summed E-state index contributed by atoms with van der Waals surface area (Å²) in [5, 5.41) is 6.44. The van der Waals surface area contributed by atoms with Crippen LogP contribution in [-0.4, -0.2) is 30.2 Å². The number of rotatable bonds is 8. The Labute approximate surface area is 184 Å². The first kappa shape index (κ1) is 22.9. The van der Waals surface area contributed by atoms with Crippen molar-refractivity contribution < 1.29 is 19.1 Å². The molecule has 0 aliphatic heterocycles. The first-order valence-corrected chi connectivity index (χ1v) is 10.0. The Bertz CT molecular complexity index is 893. The van der Waals surface area contributed by atoms with E-state index in [1.54, 1.807) is 49.4 Å². The molecule has 0 aromatic heterocycles. The highest BCUT2D eigenvalue weighted by molar-refractivity contribution is 7.80. The van der Waals surface area contributed by atoms with E-state index in [1.807, 2.05) is 0 Å². The quantitative estimate of drug-likeness (QED) is 0.337. The SMILES string of the molecule is CCOC(=O)c1ccccc1NC(=S)NC(=O)CCCOc1ccc(Cl)cc1Cl. The van der Waals surface area contributed by atoms with E-state index in [0.717, 1.165) is 0 Å². The monoisotopic (exact) mass is 454 g/mol. The smallest absolute Gasteiger partial charge is 0.340 e. The molecule has 2 aromatic carbocycles. The first-order chi connectivity index (χ1) is 13.9. The number of thiocarbonyl (C=S) groups is 1. The number of carbonyl (C=O) groups is 2. The second-order valence-electron chi connectivity index (χ2n) is 5.80. The molecule has 154 valence electrons. The molecule has 0 aliphatic carbocycles. The summed E-state index contributed by atoms with van der Waals surface area (Å²) in [6.45, 7) is 2.29. The van der Waals surface area contributed by atoms with Crippen LogP contribution in [0.2, 0.25) is 10.0 Å². The van der Waals surface area contributed by atoms with Crippen LogP contribution in [0.25, 0.3) is 0 Å². The lowest BCUT2D eigenvalue weighted by Gasteiger charge is -2.13. The van der Waals surface area contributed by atoms with Crippen LogP contribution in [-0.2, 0) is 9.53 Å². The molecule has 2 aromatic rings. The van der Waals surface area contributed by atoms with Gasteiger partial charge in [0.2, 0.25) is 5.91 Å². The van der Waals surface area contributed by atoms with E-state index in [4.69, 9.17) is 44.9 Å². The van der Waals surface area contributed by atoms with Crippen molar-refractivity contribution in [3.63, 3.8) is 0 Å². The number of carbonyl (C=O) groups excluding carboxylic acids is 2. The number of hydrogen-bond acceptors (Lipinski definition) is 5. The lowest BCUT2D eigenvalue weighted by Crippen LogP contribution is -2.34. The fraction of sp³-hybridized carbons (Fsp3) is 0.250. The van der Waals surface area contributed by atoms with Crippen molar-refractivity contribution in [2.24, 2.45) is 0 Å². The molecule has 0 bridgehead atoms. The zero-order chi connectivity index (χ0) is 21.2. The lowest BCUT2D eigenvalue weighted by molar-refractivity contribution is -0.119. The van der Waals surface area contributed by atoms with E-state index in [9.17, 15) is 9.59 Å². The van der Waals surface area contributed by atoms with Crippen LogP contribution in [0, 0.1) is 0 Å². The van der Waals surface area contributed by atoms with Crippen molar-refractivity contribution in [2.45, 2.75) is 19.8 Å². The highest BCUT2D eigenvalue weighted by Crippen LogP contribution is 2.27. The zero-order valence-corrected chi connectivity index (χ0v) is 18.0. The maximum absolute atomic E-state index is 12.1. The van der Waals surface area contributed by atoms with Crippen LogP contribution in [0.15, 0.2) is 42.5 Å². The van der Waals surface area contributed by atoms with Gasteiger partial charge in [-0.15, -0.1) is 0 Å². The fourth-order valence-electron chi connectivity index (χ4n) is 2.33. The van der Waals surface area contributed by atoms with Gasteiger partial charge in [0, 0.05) is 11.4 Å². The minimum absolute atomic E-state index is 0.0911. The van der Waals surface area contributed by atoms with Gasteiger partial charge in [-0.2, -0.15) is 0 Å². The molecule has 0 heterocycles. The minimum atomic E-state index is -0.470. The van der Waals surface area contributed by atoms with E-state index in [1.165, 1.54) is 0 Å². The number of ether oxygens (including phenoxy) is 2. The van der Waals surface area contributed by atoms with Crippen LogP contribution >= 0.6 is 35.4 Å². The van der Waals surface area contributed by atoms with Crippen LogP contribution in [0.3, 0.4) is 0 Å². The van der Waals surface area contributed by atoms with Gasteiger partial charge in [0.15, 0.2) is 5.11 Å². The van der Waals surface area contributed by atoms with Gasteiger partial charge in [-0.3, -0.25) is 4.79 Å². The van der Waals surface area contributed by atoms with Gasteiger partial charge >= 0.3 is 5.97 Å². The first-order valence-electron chi connectivity index (χ1n) is 8.85. The summed E-state index contributed by atoms with van der Waals surface area (Å²) < 4.78 is 10.5. The topological polar surface area (TPSA) is 76.7 Å². The third-order valence-corrected chi connectivity index (χ3v) is 4.36. The van der Waals surface area contributed by atoms with Crippen LogP contribution in [0.1, 0.15) is 30.1 Å². The number of para-hydroxylation sites is 1. The van der Waals surface area contributed by atoms with Crippen LogP contribution in [0.5, 0.6) is 5.75 Å². The molecule has 0 spiro atoms. The Balaban J connectivity index is 1.78. The number of benzene rings is 2. The molecule has 6 nitrogen and oxygen atoms in total. The van der Waals surface area contributed by atoms with Gasteiger partial charge in [-0.05, 0) is 55.9 Å². The summed E-state index contributed by atoms with van der Waals surface area (Å²) in [5.41, 5.74) is 0.788. The Morgan fingerprint density at radius 2 is 1.90 bits per heavy atom. The number of hydrogen-bond donors (Lipinski definition) is 2. The molecular weight excluding hydrogens is 435 g/mol. The Hall–Kier alpha value is -2.35.